The first-order valence-corrected chi connectivity index (χ1v) is 24.8. The minimum absolute atomic E-state index is 0.00509. The van der Waals surface area contributed by atoms with Crippen LogP contribution in [0.3, 0.4) is 0 Å². The molecule has 3 rings (SSSR count). The van der Waals surface area contributed by atoms with Gasteiger partial charge in [0.15, 0.2) is 5.78 Å². The second-order valence-corrected chi connectivity index (χ2v) is 20.3. The van der Waals surface area contributed by atoms with Crippen LogP contribution in [0.5, 0.6) is 0 Å². The summed E-state index contributed by atoms with van der Waals surface area (Å²) < 4.78 is 18.2. The highest BCUT2D eigenvalue weighted by molar-refractivity contribution is 7.09. The Balaban J connectivity index is 1.74. The number of ketones is 2. The van der Waals surface area contributed by atoms with Crippen LogP contribution >= 0.6 is 11.3 Å². The molecule has 0 aliphatic carbocycles. The van der Waals surface area contributed by atoms with Crippen molar-refractivity contribution in [3.05, 3.63) is 52.5 Å². The maximum atomic E-state index is 14.7. The second kappa shape index (κ2) is 27.5. The third-order valence-electron chi connectivity index (χ3n) is 14.0. The summed E-state index contributed by atoms with van der Waals surface area (Å²) in [5.41, 5.74) is 1.16. The minimum atomic E-state index is -0.590. The van der Waals surface area contributed by atoms with Crippen molar-refractivity contribution in [3.8, 4) is 0 Å². The summed E-state index contributed by atoms with van der Waals surface area (Å²) in [4.78, 5) is 70.0. The van der Waals surface area contributed by atoms with Crippen molar-refractivity contribution in [3.63, 3.8) is 0 Å². The van der Waals surface area contributed by atoms with Gasteiger partial charge in [0, 0.05) is 89.1 Å². The molecule has 0 saturated carbocycles. The van der Waals surface area contributed by atoms with E-state index in [1.807, 2.05) is 56.3 Å². The van der Waals surface area contributed by atoms with Gasteiger partial charge in [-0.05, 0) is 70.5 Å². The third kappa shape index (κ3) is 15.8. The van der Waals surface area contributed by atoms with Gasteiger partial charge in [0.2, 0.25) is 11.8 Å². The molecular weight excluding hydrogens is 827 g/mol. The topological polar surface area (TPSA) is 122 Å². The van der Waals surface area contributed by atoms with Gasteiger partial charge in [-0.15, -0.1) is 11.3 Å². The van der Waals surface area contributed by atoms with Gasteiger partial charge in [0.05, 0.1) is 55.0 Å². The van der Waals surface area contributed by atoms with Gasteiger partial charge in [-0.3, -0.25) is 24.1 Å². The molecule has 362 valence electrons. The summed E-state index contributed by atoms with van der Waals surface area (Å²) in [6, 6.07) is 9.60. The maximum Gasteiger partial charge on any atom is 0.226 e. The molecule has 12 nitrogen and oxygen atoms in total. The molecule has 1 aromatic carbocycles. The predicted molar refractivity (Wildman–Crippen MR) is 259 cm³/mol. The number of rotatable bonds is 30. The van der Waals surface area contributed by atoms with Crippen LogP contribution in [0.2, 0.25) is 0 Å². The standard InChI is InChI=1S/C51H85N5O7S/c1-15-37(8)48(55(12)51(60)41(34(2)3)32-44(58)47(35(4)5)54(11)26-28-63-27-25-53(10)36(6)7)45(61-13)33-46(59)56-24-19-22-42(56)49(62-14)38(9)43(57)31-40(50-52-23-29-64-50)30-39-20-17-16-18-21-39/h16-18,20-21,23,29,34-38,40-42,45,47-49H,15,19,22,24-28,30-33H2,1-14H3/t37-,38-,40+,41-,42-,45+,47-,48-,49+/m0/s1. The van der Waals surface area contributed by atoms with Gasteiger partial charge in [-0.25, -0.2) is 4.98 Å². The van der Waals surface area contributed by atoms with Crippen LogP contribution < -0.4 is 0 Å². The highest BCUT2D eigenvalue weighted by Crippen LogP contribution is 2.33. The van der Waals surface area contributed by atoms with E-state index in [0.717, 1.165) is 36.4 Å². The Hall–Kier alpha value is -3.07. The fourth-order valence-corrected chi connectivity index (χ4v) is 10.3. The fourth-order valence-electron chi connectivity index (χ4n) is 9.60. The lowest BCUT2D eigenvalue weighted by molar-refractivity contribution is -0.149. The molecule has 13 heteroatoms. The van der Waals surface area contributed by atoms with Crippen LogP contribution in [0.4, 0.5) is 0 Å². The van der Waals surface area contributed by atoms with E-state index in [9.17, 15) is 19.2 Å². The average molecular weight is 912 g/mol. The Morgan fingerprint density at radius 3 is 2.05 bits per heavy atom. The first kappa shape index (κ1) is 55.3. The first-order valence-electron chi connectivity index (χ1n) is 24.0. The lowest BCUT2D eigenvalue weighted by atomic mass is 9.83. The lowest BCUT2D eigenvalue weighted by Crippen LogP contribution is -2.54. The Labute approximate surface area is 391 Å². The number of nitrogens with zero attached hydrogens (tertiary/aromatic N) is 5. The molecule has 0 unspecified atom stereocenters. The van der Waals surface area contributed by atoms with Gasteiger partial charge in [0.25, 0.3) is 0 Å². The highest BCUT2D eigenvalue weighted by Gasteiger charge is 2.43. The number of likely N-dealkylation sites (N-methyl/N-ethyl adjacent to an activating group) is 3. The van der Waals surface area contributed by atoms with E-state index >= 15 is 0 Å². The van der Waals surface area contributed by atoms with E-state index in [4.69, 9.17) is 14.2 Å². The summed E-state index contributed by atoms with van der Waals surface area (Å²) in [5, 5.41) is 2.89. The van der Waals surface area contributed by atoms with Crippen molar-refractivity contribution in [2.75, 3.05) is 68.2 Å². The molecule has 0 radical (unpaired) electrons. The summed E-state index contributed by atoms with van der Waals surface area (Å²) in [7, 11) is 9.10. The molecule has 0 bridgehead atoms. The van der Waals surface area contributed by atoms with Gasteiger partial charge < -0.3 is 28.9 Å². The number of amides is 2. The van der Waals surface area contributed by atoms with Gasteiger partial charge in [-0.1, -0.05) is 85.2 Å². The summed E-state index contributed by atoms with van der Waals surface area (Å²) >= 11 is 1.57. The number of likely N-dealkylation sites (tertiary alicyclic amines) is 1. The molecule has 0 spiro atoms. The van der Waals surface area contributed by atoms with E-state index in [0.29, 0.717) is 45.2 Å². The molecule has 64 heavy (non-hydrogen) atoms. The van der Waals surface area contributed by atoms with E-state index in [1.54, 1.807) is 43.7 Å². The number of carbonyl (C=O) groups excluding carboxylic acids is 4. The average Bonchev–Trinajstić information content (AvgIpc) is 3.99. The number of hydrogen-bond acceptors (Lipinski definition) is 11. The second-order valence-electron chi connectivity index (χ2n) is 19.4. The summed E-state index contributed by atoms with van der Waals surface area (Å²) in [6.07, 6.45) is 4.25. The van der Waals surface area contributed by atoms with Crippen LogP contribution in [0.15, 0.2) is 41.9 Å². The Morgan fingerprint density at radius 1 is 0.844 bits per heavy atom. The number of aromatic nitrogens is 1. The fraction of sp³-hybridized carbons (Fsp3) is 0.745. The molecule has 2 amide bonds. The van der Waals surface area contributed by atoms with Crippen molar-refractivity contribution in [2.24, 2.45) is 29.6 Å². The number of Topliss-reactive ketones (excluding diaryl/α,β-unsaturated/α-hetero) is 2. The zero-order chi connectivity index (χ0) is 47.7. The largest absolute Gasteiger partial charge is 0.379 e. The van der Waals surface area contributed by atoms with E-state index in [-0.39, 0.29) is 72.0 Å². The molecule has 2 aromatic rings. The Kier molecular flexibility index (Phi) is 23.8. The van der Waals surface area contributed by atoms with Crippen LogP contribution in [-0.4, -0.2) is 153 Å². The number of hydrogen-bond donors (Lipinski definition) is 0. The van der Waals surface area contributed by atoms with E-state index in [2.05, 4.69) is 75.5 Å². The zero-order valence-corrected chi connectivity index (χ0v) is 42.8. The SMILES string of the molecule is CC[C@H](C)[C@@H]([C@@H](CC(=O)N1CCC[C@H]1[C@H](OC)[C@@H](C)C(=O)C[C@@H](Cc1ccccc1)c1nccs1)OC)N(C)C(=O)[C@@H](CC(=O)[C@H](C(C)C)N(C)CCOCCN(C)C(C)C)C(C)C. The Morgan fingerprint density at radius 2 is 1.50 bits per heavy atom. The van der Waals surface area contributed by atoms with Gasteiger partial charge in [0.1, 0.15) is 5.78 Å². The van der Waals surface area contributed by atoms with Gasteiger partial charge >= 0.3 is 0 Å². The number of benzene rings is 1. The number of carbonyl (C=O) groups is 4. The quantitative estimate of drug-likeness (QED) is 0.0716. The molecule has 1 saturated heterocycles. The monoisotopic (exact) mass is 912 g/mol. The van der Waals surface area contributed by atoms with Crippen LogP contribution in [0.1, 0.15) is 117 Å². The molecule has 1 fully saturated rings. The van der Waals surface area contributed by atoms with Crippen molar-refractivity contribution < 1.29 is 33.4 Å². The van der Waals surface area contributed by atoms with Crippen LogP contribution in [0.25, 0.3) is 0 Å². The van der Waals surface area contributed by atoms with Crippen molar-refractivity contribution in [1.29, 1.82) is 0 Å². The molecule has 0 N–H and O–H groups in total. The van der Waals surface area contributed by atoms with Crippen molar-refractivity contribution in [2.45, 2.75) is 150 Å². The zero-order valence-electron chi connectivity index (χ0n) is 42.0. The minimum Gasteiger partial charge on any atom is -0.379 e. The summed E-state index contributed by atoms with van der Waals surface area (Å²) in [6.45, 7) is 21.7. The number of thiazole rings is 1. The van der Waals surface area contributed by atoms with Crippen LogP contribution in [0, 0.1) is 29.6 Å². The normalized spacial score (nSPS) is 18.4. The van der Waals surface area contributed by atoms with E-state index in [1.165, 1.54) is 0 Å². The van der Waals surface area contributed by atoms with E-state index < -0.39 is 30.1 Å². The van der Waals surface area contributed by atoms with Crippen molar-refractivity contribution >= 4 is 34.7 Å². The molecule has 9 atom stereocenters. The molecular formula is C51H85N5O7S. The number of ether oxygens (including phenoxy) is 3. The lowest BCUT2D eigenvalue weighted by Gasteiger charge is -2.41. The summed E-state index contributed by atoms with van der Waals surface area (Å²) in [5.74, 6) is -1.13. The predicted octanol–water partition coefficient (Wildman–Crippen LogP) is 7.89. The van der Waals surface area contributed by atoms with Crippen molar-refractivity contribution in [1.82, 2.24) is 24.6 Å². The maximum absolute atomic E-state index is 14.7. The Bertz CT molecular complexity index is 1680. The molecule has 1 aliphatic rings. The number of methoxy groups -OCH3 is 2. The molecule has 1 aliphatic heterocycles. The third-order valence-corrected chi connectivity index (χ3v) is 14.9. The highest BCUT2D eigenvalue weighted by atomic mass is 32.1. The first-order chi connectivity index (χ1) is 30.4. The smallest absolute Gasteiger partial charge is 0.226 e. The molecule has 1 aromatic heterocycles. The van der Waals surface area contributed by atoms with Crippen LogP contribution in [-0.2, 0) is 39.8 Å². The molecule has 2 heterocycles. The van der Waals surface area contributed by atoms with Gasteiger partial charge in [-0.2, -0.15) is 0 Å².